The Kier molecular flexibility index (Phi) is 3.86. The van der Waals surface area contributed by atoms with Gasteiger partial charge in [0.1, 0.15) is 6.20 Å². The van der Waals surface area contributed by atoms with Crippen LogP contribution in [0.25, 0.3) is 0 Å². The number of hydrogen-bond donors (Lipinski definition) is 0. The average molecular weight is 276 g/mol. The Labute approximate surface area is 114 Å². The molecule has 2 aromatic rings. The van der Waals surface area contributed by atoms with E-state index in [1.807, 2.05) is 43.3 Å². The maximum atomic E-state index is 10.5. The number of aliphatic imine (C=N–C) groups is 1. The monoisotopic (exact) mass is 276 g/mol. The summed E-state index contributed by atoms with van der Waals surface area (Å²) in [5.41, 5.74) is 2.02. The molecule has 0 bridgehead atoms. The van der Waals surface area contributed by atoms with Gasteiger partial charge < -0.3 is 4.90 Å². The Balaban J connectivity index is 2.11. The van der Waals surface area contributed by atoms with Gasteiger partial charge in [-0.3, -0.25) is 10.1 Å². The predicted octanol–water partition coefficient (Wildman–Crippen LogP) is 2.87. The van der Waals surface area contributed by atoms with Crippen LogP contribution in [0.3, 0.4) is 0 Å². The highest BCUT2D eigenvalue weighted by molar-refractivity contribution is 7.18. The van der Waals surface area contributed by atoms with E-state index >= 15 is 0 Å². The summed E-state index contributed by atoms with van der Waals surface area (Å²) in [5, 5.41) is 10.9. The minimum atomic E-state index is -0.470. The molecule has 0 unspecified atom stereocenters. The third kappa shape index (κ3) is 3.35. The summed E-state index contributed by atoms with van der Waals surface area (Å²) in [6, 6.07) is 7.82. The highest BCUT2D eigenvalue weighted by atomic mass is 32.1. The standard InChI is InChI=1S/C12H12N4O2S/c1-15(2)10-5-3-9(4-6-10)7-13-12-14-8-11(19-12)16(17)18/h3-8H,1-2H3/b13-7-. The van der Waals surface area contributed by atoms with Crippen LogP contribution in [0.15, 0.2) is 35.5 Å². The molecule has 2 rings (SSSR count). The topological polar surface area (TPSA) is 71.6 Å². The number of hydrogen-bond acceptors (Lipinski definition) is 6. The smallest absolute Gasteiger partial charge is 0.345 e. The zero-order valence-corrected chi connectivity index (χ0v) is 11.3. The van der Waals surface area contributed by atoms with Gasteiger partial charge in [0.2, 0.25) is 5.13 Å². The molecule has 0 saturated carbocycles. The van der Waals surface area contributed by atoms with Gasteiger partial charge in [0.05, 0.1) is 4.92 Å². The molecule has 1 aromatic heterocycles. The fourth-order valence-electron chi connectivity index (χ4n) is 1.39. The van der Waals surface area contributed by atoms with Crippen molar-refractivity contribution in [3.63, 3.8) is 0 Å². The largest absolute Gasteiger partial charge is 0.378 e. The van der Waals surface area contributed by atoms with Crippen molar-refractivity contribution < 1.29 is 4.92 Å². The molecule has 7 heteroatoms. The van der Waals surface area contributed by atoms with E-state index in [2.05, 4.69) is 9.98 Å². The summed E-state index contributed by atoms with van der Waals surface area (Å²) in [4.78, 5) is 20.0. The molecule has 1 aromatic carbocycles. The fourth-order valence-corrected chi connectivity index (χ4v) is 1.97. The van der Waals surface area contributed by atoms with Crippen molar-refractivity contribution in [2.24, 2.45) is 4.99 Å². The minimum absolute atomic E-state index is 0.00453. The molecule has 0 aliphatic carbocycles. The summed E-state index contributed by atoms with van der Waals surface area (Å²) in [5.74, 6) is 0. The highest BCUT2D eigenvalue weighted by Gasteiger charge is 2.09. The number of thiazole rings is 1. The molecule has 0 aliphatic heterocycles. The number of anilines is 1. The quantitative estimate of drug-likeness (QED) is 0.489. The minimum Gasteiger partial charge on any atom is -0.378 e. The molecule has 0 N–H and O–H groups in total. The van der Waals surface area contributed by atoms with Crippen LogP contribution in [0.5, 0.6) is 0 Å². The van der Waals surface area contributed by atoms with Gasteiger partial charge in [-0.25, -0.2) is 9.98 Å². The van der Waals surface area contributed by atoms with E-state index in [1.54, 1.807) is 6.21 Å². The number of rotatable bonds is 4. The molecule has 98 valence electrons. The first-order chi connectivity index (χ1) is 9.06. The zero-order valence-electron chi connectivity index (χ0n) is 10.5. The van der Waals surface area contributed by atoms with Crippen molar-refractivity contribution >= 4 is 33.4 Å². The van der Waals surface area contributed by atoms with Crippen LogP contribution >= 0.6 is 11.3 Å². The van der Waals surface area contributed by atoms with Crippen LogP contribution in [-0.2, 0) is 0 Å². The van der Waals surface area contributed by atoms with Crippen LogP contribution in [0.4, 0.5) is 15.8 Å². The maximum absolute atomic E-state index is 10.5. The van der Waals surface area contributed by atoms with E-state index in [0.717, 1.165) is 22.6 Å². The Morgan fingerprint density at radius 3 is 2.58 bits per heavy atom. The summed E-state index contributed by atoms with van der Waals surface area (Å²) >= 11 is 0.952. The van der Waals surface area contributed by atoms with Gasteiger partial charge in [-0.1, -0.05) is 12.1 Å². The molecule has 0 radical (unpaired) electrons. The molecule has 0 aliphatic rings. The predicted molar refractivity (Wildman–Crippen MR) is 76.8 cm³/mol. The lowest BCUT2D eigenvalue weighted by molar-refractivity contribution is -0.380. The van der Waals surface area contributed by atoms with Crippen LogP contribution < -0.4 is 4.90 Å². The molecule has 0 spiro atoms. The second kappa shape index (κ2) is 5.57. The zero-order chi connectivity index (χ0) is 13.8. The van der Waals surface area contributed by atoms with Crippen LogP contribution in [0.1, 0.15) is 5.56 Å². The Bertz CT molecular complexity index is 604. The number of benzene rings is 1. The summed E-state index contributed by atoms with van der Waals surface area (Å²) in [6.07, 6.45) is 2.86. The van der Waals surface area contributed by atoms with Crippen LogP contribution in [0, 0.1) is 10.1 Å². The molecule has 19 heavy (non-hydrogen) atoms. The summed E-state index contributed by atoms with van der Waals surface area (Å²) < 4.78 is 0. The van der Waals surface area contributed by atoms with E-state index in [0.29, 0.717) is 5.13 Å². The average Bonchev–Trinajstić information content (AvgIpc) is 2.86. The molecular formula is C12H12N4O2S. The Morgan fingerprint density at radius 2 is 2.05 bits per heavy atom. The van der Waals surface area contributed by atoms with Crippen molar-refractivity contribution in [1.29, 1.82) is 0 Å². The van der Waals surface area contributed by atoms with Gasteiger partial charge in [-0.2, -0.15) is 0 Å². The molecule has 0 atom stereocenters. The van der Waals surface area contributed by atoms with E-state index in [4.69, 9.17) is 0 Å². The van der Waals surface area contributed by atoms with Gasteiger partial charge >= 0.3 is 5.00 Å². The lowest BCUT2D eigenvalue weighted by Crippen LogP contribution is -2.08. The van der Waals surface area contributed by atoms with E-state index in [9.17, 15) is 10.1 Å². The lowest BCUT2D eigenvalue weighted by atomic mass is 10.2. The highest BCUT2D eigenvalue weighted by Crippen LogP contribution is 2.27. The van der Waals surface area contributed by atoms with Gasteiger partial charge in [0.15, 0.2) is 0 Å². The SMILES string of the molecule is CN(C)c1ccc(/C=N\c2ncc([N+](=O)[O-])s2)cc1. The molecule has 0 saturated heterocycles. The van der Waals surface area contributed by atoms with E-state index < -0.39 is 4.92 Å². The normalized spacial score (nSPS) is 10.8. The Morgan fingerprint density at radius 1 is 1.37 bits per heavy atom. The number of nitro groups is 1. The number of nitrogens with zero attached hydrogens (tertiary/aromatic N) is 4. The van der Waals surface area contributed by atoms with Crippen LogP contribution in [0.2, 0.25) is 0 Å². The first-order valence-corrected chi connectivity index (χ1v) is 6.29. The second-order valence-electron chi connectivity index (χ2n) is 3.98. The molecule has 0 fully saturated rings. The van der Waals surface area contributed by atoms with E-state index in [-0.39, 0.29) is 5.00 Å². The van der Waals surface area contributed by atoms with Crippen molar-refractivity contribution in [2.75, 3.05) is 19.0 Å². The van der Waals surface area contributed by atoms with Crippen molar-refractivity contribution in [3.8, 4) is 0 Å². The van der Waals surface area contributed by atoms with Crippen molar-refractivity contribution in [3.05, 3.63) is 46.1 Å². The summed E-state index contributed by atoms with van der Waals surface area (Å²) in [7, 11) is 3.94. The van der Waals surface area contributed by atoms with Gasteiger partial charge in [-0.05, 0) is 29.0 Å². The van der Waals surface area contributed by atoms with Crippen LogP contribution in [-0.4, -0.2) is 30.2 Å². The second-order valence-corrected chi connectivity index (χ2v) is 4.97. The van der Waals surface area contributed by atoms with E-state index in [1.165, 1.54) is 6.20 Å². The molecular weight excluding hydrogens is 264 g/mol. The third-order valence-electron chi connectivity index (χ3n) is 2.39. The molecule has 1 heterocycles. The number of aromatic nitrogens is 1. The van der Waals surface area contributed by atoms with Gasteiger partial charge in [0, 0.05) is 26.0 Å². The third-order valence-corrected chi connectivity index (χ3v) is 3.25. The fraction of sp³-hybridized carbons (Fsp3) is 0.167. The maximum Gasteiger partial charge on any atom is 0.345 e. The Hall–Kier alpha value is -2.28. The van der Waals surface area contributed by atoms with Gasteiger partial charge in [0.25, 0.3) is 0 Å². The van der Waals surface area contributed by atoms with Gasteiger partial charge in [-0.15, -0.1) is 0 Å². The first-order valence-electron chi connectivity index (χ1n) is 5.48. The lowest BCUT2D eigenvalue weighted by Gasteiger charge is -2.11. The van der Waals surface area contributed by atoms with Crippen molar-refractivity contribution in [2.45, 2.75) is 0 Å². The molecule has 6 nitrogen and oxygen atoms in total. The summed E-state index contributed by atoms with van der Waals surface area (Å²) in [6.45, 7) is 0. The van der Waals surface area contributed by atoms with Crippen molar-refractivity contribution in [1.82, 2.24) is 4.98 Å². The molecule has 0 amide bonds. The first kappa shape index (κ1) is 13.2.